The van der Waals surface area contributed by atoms with E-state index in [1.165, 1.54) is 12.5 Å². The van der Waals surface area contributed by atoms with Crippen LogP contribution in [-0.4, -0.2) is 21.9 Å². The molecule has 1 aliphatic rings. The fourth-order valence-corrected chi connectivity index (χ4v) is 2.21. The molecule has 5 heteroatoms. The van der Waals surface area contributed by atoms with Gasteiger partial charge in [0.25, 0.3) is 5.91 Å². The number of aromatic nitrogens is 2. The summed E-state index contributed by atoms with van der Waals surface area (Å²) in [5.41, 5.74) is 0.486. The summed E-state index contributed by atoms with van der Waals surface area (Å²) in [5.74, 6) is -0.703. The van der Waals surface area contributed by atoms with Crippen LogP contribution in [0.1, 0.15) is 38.3 Å². The van der Waals surface area contributed by atoms with E-state index in [-0.39, 0.29) is 6.04 Å². The van der Waals surface area contributed by atoms with Gasteiger partial charge in [-0.3, -0.25) is 4.79 Å². The van der Waals surface area contributed by atoms with E-state index in [0.717, 1.165) is 31.8 Å². The molecule has 1 aromatic heterocycles. The second-order valence-corrected chi connectivity index (χ2v) is 4.93. The van der Waals surface area contributed by atoms with Gasteiger partial charge in [-0.1, -0.05) is 6.92 Å². The molecule has 0 radical (unpaired) electrons. The number of nitrogens with one attached hydrogen (secondary N) is 2. The van der Waals surface area contributed by atoms with Gasteiger partial charge in [0.15, 0.2) is 5.83 Å². The Labute approximate surface area is 106 Å². The van der Waals surface area contributed by atoms with E-state index in [1.807, 2.05) is 0 Å². The van der Waals surface area contributed by atoms with Crippen LogP contribution in [0.3, 0.4) is 0 Å². The summed E-state index contributed by atoms with van der Waals surface area (Å²) in [5, 5.41) is 2.74. The largest absolute Gasteiger partial charge is 0.347 e. The minimum absolute atomic E-state index is 0.106. The molecule has 0 aliphatic heterocycles. The Balaban J connectivity index is 1.88. The van der Waals surface area contributed by atoms with E-state index in [9.17, 15) is 9.18 Å². The Bertz CT molecular complexity index is 419. The van der Waals surface area contributed by atoms with Crippen molar-refractivity contribution in [3.63, 3.8) is 0 Å². The summed E-state index contributed by atoms with van der Waals surface area (Å²) in [7, 11) is 0. The van der Waals surface area contributed by atoms with Crippen LogP contribution in [0.25, 0.3) is 6.08 Å². The first kappa shape index (κ1) is 12.8. The molecule has 1 aromatic rings. The minimum atomic E-state index is -0.780. The molecule has 1 fully saturated rings. The number of rotatable bonds is 3. The van der Waals surface area contributed by atoms with Gasteiger partial charge in [-0.2, -0.15) is 0 Å². The lowest BCUT2D eigenvalue weighted by molar-refractivity contribution is -0.119. The second kappa shape index (κ2) is 5.80. The van der Waals surface area contributed by atoms with Crippen molar-refractivity contribution >= 4 is 12.0 Å². The van der Waals surface area contributed by atoms with Gasteiger partial charge >= 0.3 is 0 Å². The standard InChI is InChI=1S/C13H18FN3O/c1-9-2-4-10(5-3-9)17-13(18)12(14)6-11-7-15-8-16-11/h6-10H,2-5H2,1H3,(H,15,16)(H,17,18)/b12-6-. The molecule has 0 aromatic carbocycles. The number of amides is 1. The molecule has 0 bridgehead atoms. The van der Waals surface area contributed by atoms with Crippen molar-refractivity contribution < 1.29 is 9.18 Å². The normalized spacial score (nSPS) is 24.9. The summed E-state index contributed by atoms with van der Waals surface area (Å²) in [4.78, 5) is 18.1. The first-order chi connectivity index (χ1) is 8.65. The fourth-order valence-electron chi connectivity index (χ4n) is 2.21. The quantitative estimate of drug-likeness (QED) is 0.810. The third kappa shape index (κ3) is 3.42. The molecule has 18 heavy (non-hydrogen) atoms. The monoisotopic (exact) mass is 251 g/mol. The highest BCUT2D eigenvalue weighted by molar-refractivity contribution is 5.95. The number of nitrogens with zero attached hydrogens (tertiary/aromatic N) is 1. The van der Waals surface area contributed by atoms with E-state index in [1.54, 1.807) is 0 Å². The lowest BCUT2D eigenvalue weighted by Gasteiger charge is -2.26. The Kier molecular flexibility index (Phi) is 4.12. The van der Waals surface area contributed by atoms with Crippen LogP contribution in [0.2, 0.25) is 0 Å². The third-order valence-electron chi connectivity index (χ3n) is 3.37. The van der Waals surface area contributed by atoms with Crippen molar-refractivity contribution in [2.45, 2.75) is 38.6 Å². The van der Waals surface area contributed by atoms with Gasteiger partial charge < -0.3 is 10.3 Å². The van der Waals surface area contributed by atoms with Gasteiger partial charge in [-0.25, -0.2) is 9.37 Å². The average Bonchev–Trinajstić information content (AvgIpc) is 2.85. The number of halogens is 1. The topological polar surface area (TPSA) is 57.8 Å². The van der Waals surface area contributed by atoms with Crippen LogP contribution in [0.4, 0.5) is 4.39 Å². The van der Waals surface area contributed by atoms with Crippen molar-refractivity contribution in [3.05, 3.63) is 24.0 Å². The maximum Gasteiger partial charge on any atom is 0.280 e. The molecule has 1 aliphatic carbocycles. The van der Waals surface area contributed by atoms with E-state index in [0.29, 0.717) is 11.6 Å². The first-order valence-electron chi connectivity index (χ1n) is 6.31. The van der Waals surface area contributed by atoms with Gasteiger partial charge in [0.2, 0.25) is 0 Å². The van der Waals surface area contributed by atoms with Crippen molar-refractivity contribution in [2.24, 2.45) is 5.92 Å². The maximum absolute atomic E-state index is 13.6. The summed E-state index contributed by atoms with van der Waals surface area (Å²) >= 11 is 0. The number of carbonyl (C=O) groups is 1. The number of H-pyrrole nitrogens is 1. The van der Waals surface area contributed by atoms with Gasteiger partial charge in [-0.15, -0.1) is 0 Å². The third-order valence-corrected chi connectivity index (χ3v) is 3.37. The van der Waals surface area contributed by atoms with Crippen LogP contribution in [0, 0.1) is 5.92 Å². The molecule has 0 spiro atoms. The van der Waals surface area contributed by atoms with E-state index in [2.05, 4.69) is 22.2 Å². The van der Waals surface area contributed by atoms with E-state index < -0.39 is 11.7 Å². The van der Waals surface area contributed by atoms with Crippen molar-refractivity contribution in [3.8, 4) is 0 Å². The summed E-state index contributed by atoms with van der Waals surface area (Å²) in [6.45, 7) is 2.21. The van der Waals surface area contributed by atoms with Crippen molar-refractivity contribution in [1.29, 1.82) is 0 Å². The fraction of sp³-hybridized carbons (Fsp3) is 0.538. The lowest BCUT2D eigenvalue weighted by Crippen LogP contribution is -2.37. The van der Waals surface area contributed by atoms with E-state index >= 15 is 0 Å². The van der Waals surface area contributed by atoms with Gasteiger partial charge in [-0.05, 0) is 31.6 Å². The van der Waals surface area contributed by atoms with Gasteiger partial charge in [0.1, 0.15) is 0 Å². The number of aromatic amines is 1. The maximum atomic E-state index is 13.6. The van der Waals surface area contributed by atoms with Crippen LogP contribution in [0.5, 0.6) is 0 Å². The highest BCUT2D eigenvalue weighted by atomic mass is 19.1. The first-order valence-corrected chi connectivity index (χ1v) is 6.31. The molecular weight excluding hydrogens is 233 g/mol. The highest BCUT2D eigenvalue weighted by Gasteiger charge is 2.21. The SMILES string of the molecule is CC1CCC(NC(=O)/C(F)=C/c2cnc[nH]2)CC1. The van der Waals surface area contributed by atoms with Crippen LogP contribution in [-0.2, 0) is 4.79 Å². The smallest absolute Gasteiger partial charge is 0.280 e. The zero-order valence-electron chi connectivity index (χ0n) is 10.4. The predicted octanol–water partition coefficient (Wildman–Crippen LogP) is 2.42. The highest BCUT2D eigenvalue weighted by Crippen LogP contribution is 2.23. The van der Waals surface area contributed by atoms with Crippen LogP contribution in [0.15, 0.2) is 18.4 Å². The Morgan fingerprint density at radius 1 is 1.50 bits per heavy atom. The second-order valence-electron chi connectivity index (χ2n) is 4.93. The Hall–Kier alpha value is -1.65. The molecular formula is C13H18FN3O. The Morgan fingerprint density at radius 3 is 2.83 bits per heavy atom. The van der Waals surface area contributed by atoms with Gasteiger partial charge in [0, 0.05) is 12.1 Å². The summed E-state index contributed by atoms with van der Waals surface area (Å²) in [6.07, 6.45) is 8.13. The predicted molar refractivity (Wildman–Crippen MR) is 67.2 cm³/mol. The zero-order valence-corrected chi connectivity index (χ0v) is 10.4. The van der Waals surface area contributed by atoms with E-state index in [4.69, 9.17) is 0 Å². The molecule has 1 saturated carbocycles. The summed E-state index contributed by atoms with van der Waals surface area (Å²) in [6, 6.07) is 0.106. The lowest BCUT2D eigenvalue weighted by atomic mass is 9.87. The molecule has 1 amide bonds. The molecule has 2 N–H and O–H groups in total. The number of hydrogen-bond donors (Lipinski definition) is 2. The molecule has 0 saturated heterocycles. The van der Waals surface area contributed by atoms with Gasteiger partial charge in [0.05, 0.1) is 18.2 Å². The molecule has 1 heterocycles. The molecule has 98 valence electrons. The Morgan fingerprint density at radius 2 is 2.22 bits per heavy atom. The van der Waals surface area contributed by atoms with Crippen molar-refractivity contribution in [1.82, 2.24) is 15.3 Å². The zero-order chi connectivity index (χ0) is 13.0. The van der Waals surface area contributed by atoms with Crippen LogP contribution < -0.4 is 5.32 Å². The van der Waals surface area contributed by atoms with Crippen LogP contribution >= 0.6 is 0 Å². The molecule has 2 rings (SSSR count). The number of carbonyl (C=O) groups excluding carboxylic acids is 1. The van der Waals surface area contributed by atoms with Crippen molar-refractivity contribution in [2.75, 3.05) is 0 Å². The minimum Gasteiger partial charge on any atom is -0.347 e. The molecule has 0 unspecified atom stereocenters. The molecule has 0 atom stereocenters. The summed E-state index contributed by atoms with van der Waals surface area (Å²) < 4.78 is 13.6. The molecule has 4 nitrogen and oxygen atoms in total. The number of hydrogen-bond acceptors (Lipinski definition) is 2. The number of imidazole rings is 1. The average molecular weight is 251 g/mol.